The zero-order valence-corrected chi connectivity index (χ0v) is 28.9. The van der Waals surface area contributed by atoms with Gasteiger partial charge in [-0.15, -0.1) is 0 Å². The lowest BCUT2D eigenvalue weighted by molar-refractivity contribution is -0.140. The summed E-state index contributed by atoms with van der Waals surface area (Å²) < 4.78 is 34.9. The van der Waals surface area contributed by atoms with E-state index in [1.807, 2.05) is 51.1 Å². The van der Waals surface area contributed by atoms with Gasteiger partial charge in [0.25, 0.3) is 10.0 Å². The highest BCUT2D eigenvalue weighted by molar-refractivity contribution is 7.92. The summed E-state index contributed by atoms with van der Waals surface area (Å²) in [5.41, 5.74) is 1.77. The second-order valence-corrected chi connectivity index (χ2v) is 13.7. The summed E-state index contributed by atoms with van der Waals surface area (Å²) in [7, 11) is -4.24. The van der Waals surface area contributed by atoms with Gasteiger partial charge in [0, 0.05) is 19.0 Å². The minimum Gasteiger partial charge on any atom is -0.494 e. The number of hydrogen-bond donors (Lipinski definition) is 1. The molecule has 0 unspecified atom stereocenters. The van der Waals surface area contributed by atoms with E-state index in [4.69, 9.17) is 27.9 Å². The van der Waals surface area contributed by atoms with Crippen LogP contribution >= 0.6 is 23.2 Å². The number of rotatable bonds is 15. The number of amides is 2. The number of sulfonamides is 1. The minimum absolute atomic E-state index is 0.0102. The summed E-state index contributed by atoms with van der Waals surface area (Å²) in [5, 5.41) is 3.67. The molecule has 2 atom stereocenters. The third kappa shape index (κ3) is 9.50. The molecule has 248 valence electrons. The number of anilines is 1. The lowest BCUT2D eigenvalue weighted by atomic mass is 10.0. The Hall–Kier alpha value is -4.05. The van der Waals surface area contributed by atoms with Gasteiger partial charge in [-0.2, -0.15) is 0 Å². The number of ether oxygens (including phenoxy) is 1. The molecular weight excluding hydrogens is 657 g/mol. The number of halogens is 2. The number of hydrogen-bond acceptors (Lipinski definition) is 5. The Labute approximate surface area is 287 Å². The SMILES string of the molecule is CCOc1ccc(S(=O)(=O)N(CC(=O)N(Cc2ccc(Cl)c(Cl)c2)[C@@H](Cc2ccccc2)C(=O)N[C@H](C)CC)c2ccccc2)cc1. The Morgan fingerprint density at radius 1 is 0.830 bits per heavy atom. The normalized spacial score (nSPS) is 12.5. The lowest BCUT2D eigenvalue weighted by Crippen LogP contribution is -2.54. The van der Waals surface area contributed by atoms with Crippen molar-refractivity contribution in [3.05, 3.63) is 124 Å². The third-order valence-corrected chi connectivity index (χ3v) is 10.2. The van der Waals surface area contributed by atoms with Gasteiger partial charge in [0.1, 0.15) is 18.3 Å². The number of nitrogens with zero attached hydrogens (tertiary/aromatic N) is 2. The summed E-state index contributed by atoms with van der Waals surface area (Å²) >= 11 is 12.5. The third-order valence-electron chi connectivity index (χ3n) is 7.65. The lowest BCUT2D eigenvalue weighted by Gasteiger charge is -2.34. The number of carbonyl (C=O) groups is 2. The molecule has 0 fully saturated rings. The highest BCUT2D eigenvalue weighted by Crippen LogP contribution is 2.28. The van der Waals surface area contributed by atoms with E-state index in [-0.39, 0.29) is 29.8 Å². The van der Waals surface area contributed by atoms with Crippen molar-refractivity contribution < 1.29 is 22.7 Å². The van der Waals surface area contributed by atoms with E-state index >= 15 is 0 Å². The van der Waals surface area contributed by atoms with E-state index in [2.05, 4.69) is 5.32 Å². The van der Waals surface area contributed by atoms with Crippen LogP contribution in [0.25, 0.3) is 0 Å². The largest absolute Gasteiger partial charge is 0.494 e. The van der Waals surface area contributed by atoms with Crippen molar-refractivity contribution in [2.45, 2.75) is 57.1 Å². The van der Waals surface area contributed by atoms with Crippen molar-refractivity contribution in [2.24, 2.45) is 0 Å². The molecule has 0 radical (unpaired) electrons. The zero-order chi connectivity index (χ0) is 34.0. The van der Waals surface area contributed by atoms with Crippen LogP contribution in [0.15, 0.2) is 108 Å². The van der Waals surface area contributed by atoms with Gasteiger partial charge in [-0.1, -0.05) is 84.7 Å². The summed E-state index contributed by atoms with van der Waals surface area (Å²) in [4.78, 5) is 29.9. The van der Waals surface area contributed by atoms with Crippen molar-refractivity contribution in [3.8, 4) is 5.75 Å². The first-order valence-electron chi connectivity index (χ1n) is 15.4. The molecule has 4 aromatic rings. The maximum atomic E-state index is 14.6. The molecule has 0 heterocycles. The molecule has 4 rings (SSSR count). The Kier molecular flexibility index (Phi) is 12.7. The monoisotopic (exact) mass is 695 g/mol. The van der Waals surface area contributed by atoms with Crippen LogP contribution in [0.2, 0.25) is 10.0 Å². The van der Waals surface area contributed by atoms with Gasteiger partial charge in [0.05, 0.1) is 27.2 Å². The van der Waals surface area contributed by atoms with E-state index in [0.29, 0.717) is 40.1 Å². The van der Waals surface area contributed by atoms with Crippen LogP contribution in [0.4, 0.5) is 5.69 Å². The number of carbonyl (C=O) groups excluding carboxylic acids is 2. The first-order chi connectivity index (χ1) is 22.5. The van der Waals surface area contributed by atoms with Crippen LogP contribution in [0.5, 0.6) is 5.75 Å². The maximum absolute atomic E-state index is 14.6. The molecule has 0 spiro atoms. The molecule has 8 nitrogen and oxygen atoms in total. The van der Waals surface area contributed by atoms with Crippen LogP contribution in [0, 0.1) is 0 Å². The molecule has 0 aliphatic carbocycles. The van der Waals surface area contributed by atoms with Gasteiger partial charge in [-0.05, 0) is 79.9 Å². The number of para-hydroxylation sites is 1. The van der Waals surface area contributed by atoms with Gasteiger partial charge < -0.3 is 15.0 Å². The molecule has 0 saturated carbocycles. The Morgan fingerprint density at radius 2 is 1.47 bits per heavy atom. The predicted octanol–water partition coefficient (Wildman–Crippen LogP) is 7.14. The molecule has 0 saturated heterocycles. The molecule has 0 bridgehead atoms. The average Bonchev–Trinajstić information content (AvgIpc) is 3.07. The Bertz CT molecular complexity index is 1740. The maximum Gasteiger partial charge on any atom is 0.264 e. The fraction of sp³-hybridized carbons (Fsp3) is 0.278. The average molecular weight is 697 g/mol. The molecule has 2 amide bonds. The molecule has 4 aromatic carbocycles. The van der Waals surface area contributed by atoms with Gasteiger partial charge in [-0.25, -0.2) is 8.42 Å². The zero-order valence-electron chi connectivity index (χ0n) is 26.6. The van der Waals surface area contributed by atoms with E-state index in [0.717, 1.165) is 9.87 Å². The summed E-state index contributed by atoms with van der Waals surface area (Å²) in [6, 6.07) is 27.7. The van der Waals surface area contributed by atoms with Gasteiger partial charge >= 0.3 is 0 Å². The van der Waals surface area contributed by atoms with Gasteiger partial charge in [0.2, 0.25) is 11.8 Å². The number of benzene rings is 4. The molecule has 0 aliphatic heterocycles. The second-order valence-electron chi connectivity index (χ2n) is 11.0. The van der Waals surface area contributed by atoms with Crippen molar-refractivity contribution in [2.75, 3.05) is 17.5 Å². The van der Waals surface area contributed by atoms with Crippen LogP contribution < -0.4 is 14.4 Å². The standard InChI is InChI=1S/C36H39Cl2N3O5S/c1-4-26(3)39-36(43)34(23-27-12-8-6-9-13-27)40(24-28-16-21-32(37)33(38)22-28)35(42)25-41(29-14-10-7-11-15-29)47(44,45)31-19-17-30(18-20-31)46-5-2/h6-22,26,34H,4-5,23-25H2,1-3H3,(H,39,43)/t26-,34+/m1/s1. The van der Waals surface area contributed by atoms with Crippen molar-refractivity contribution in [3.63, 3.8) is 0 Å². The molecule has 11 heteroatoms. The number of nitrogens with one attached hydrogen (secondary N) is 1. The first-order valence-corrected chi connectivity index (χ1v) is 17.6. The summed E-state index contributed by atoms with van der Waals surface area (Å²) in [5.74, 6) is -0.399. The molecule has 1 N–H and O–H groups in total. The van der Waals surface area contributed by atoms with Crippen LogP contribution in [-0.4, -0.2) is 50.4 Å². The van der Waals surface area contributed by atoms with Gasteiger partial charge in [0.15, 0.2) is 0 Å². The van der Waals surface area contributed by atoms with E-state index in [1.165, 1.54) is 17.0 Å². The minimum atomic E-state index is -4.24. The Balaban J connectivity index is 1.79. The summed E-state index contributed by atoms with van der Waals surface area (Å²) in [6.45, 7) is 5.53. The topological polar surface area (TPSA) is 96.0 Å². The fourth-order valence-electron chi connectivity index (χ4n) is 4.95. The van der Waals surface area contributed by atoms with E-state index < -0.39 is 28.5 Å². The highest BCUT2D eigenvalue weighted by atomic mass is 35.5. The van der Waals surface area contributed by atoms with Crippen molar-refractivity contribution in [1.82, 2.24) is 10.2 Å². The van der Waals surface area contributed by atoms with E-state index in [1.54, 1.807) is 60.7 Å². The molecule has 47 heavy (non-hydrogen) atoms. The second kappa shape index (κ2) is 16.7. The fourth-order valence-corrected chi connectivity index (χ4v) is 6.69. The summed E-state index contributed by atoms with van der Waals surface area (Å²) in [6.07, 6.45) is 0.889. The first kappa shape index (κ1) is 35.8. The van der Waals surface area contributed by atoms with E-state index in [9.17, 15) is 18.0 Å². The van der Waals surface area contributed by atoms with Crippen molar-refractivity contribution >= 4 is 50.7 Å². The molecule has 0 aliphatic rings. The van der Waals surface area contributed by atoms with Crippen LogP contribution in [0.3, 0.4) is 0 Å². The smallest absolute Gasteiger partial charge is 0.264 e. The van der Waals surface area contributed by atoms with Crippen LogP contribution in [0.1, 0.15) is 38.3 Å². The van der Waals surface area contributed by atoms with Crippen molar-refractivity contribution in [1.29, 1.82) is 0 Å². The quantitative estimate of drug-likeness (QED) is 0.143. The Morgan fingerprint density at radius 3 is 2.06 bits per heavy atom. The highest BCUT2D eigenvalue weighted by Gasteiger charge is 2.35. The van der Waals surface area contributed by atoms with Crippen LogP contribution in [-0.2, 0) is 32.6 Å². The van der Waals surface area contributed by atoms with Gasteiger partial charge in [-0.3, -0.25) is 13.9 Å². The molecular formula is C36H39Cl2N3O5S. The predicted molar refractivity (Wildman–Crippen MR) is 187 cm³/mol. The molecule has 0 aromatic heterocycles.